The van der Waals surface area contributed by atoms with Crippen LogP contribution in [0.4, 0.5) is 22.0 Å². The smallest absolute Gasteiger partial charge is 0.372 e. The van der Waals surface area contributed by atoms with E-state index in [2.05, 4.69) is 4.18 Å². The van der Waals surface area contributed by atoms with E-state index in [1.165, 1.54) is 0 Å². The molecule has 0 spiro atoms. The molecule has 1 aromatic rings. The molecule has 0 saturated heterocycles. The van der Waals surface area contributed by atoms with E-state index in [-0.39, 0.29) is 6.07 Å². The molecule has 0 radical (unpaired) electrons. The minimum Gasteiger partial charge on any atom is -0.372 e. The van der Waals surface area contributed by atoms with Gasteiger partial charge in [-0.2, -0.15) is 21.6 Å². The largest absolute Gasteiger partial charge is 0.534 e. The SMILES string of the molecule is CC(=O)c1cc(F)cc(F)c1OS(=O)(=O)C(F)(F)F. The van der Waals surface area contributed by atoms with Crippen LogP contribution < -0.4 is 4.18 Å². The number of alkyl halides is 3. The van der Waals surface area contributed by atoms with Gasteiger partial charge in [0.05, 0.1) is 5.56 Å². The molecular formula is C9H5F5O4S. The molecule has 1 aromatic carbocycles. The lowest BCUT2D eigenvalue weighted by Crippen LogP contribution is -2.29. The highest BCUT2D eigenvalue weighted by atomic mass is 32.2. The third kappa shape index (κ3) is 3.19. The Morgan fingerprint density at radius 2 is 1.74 bits per heavy atom. The maximum atomic E-state index is 13.2. The van der Waals surface area contributed by atoms with Crippen molar-refractivity contribution in [2.45, 2.75) is 12.4 Å². The molecule has 0 unspecified atom stereocenters. The van der Waals surface area contributed by atoms with Gasteiger partial charge in [-0.1, -0.05) is 0 Å². The zero-order valence-corrected chi connectivity index (χ0v) is 9.90. The van der Waals surface area contributed by atoms with Gasteiger partial charge in [0, 0.05) is 6.07 Å². The second kappa shape index (κ2) is 4.76. The molecule has 0 saturated carbocycles. The fourth-order valence-corrected chi connectivity index (χ4v) is 1.55. The lowest BCUT2D eigenvalue weighted by Gasteiger charge is -2.12. The molecule has 0 aliphatic heterocycles. The third-order valence-electron chi connectivity index (χ3n) is 1.86. The Labute approximate surface area is 103 Å². The first-order chi connectivity index (χ1) is 8.45. The topological polar surface area (TPSA) is 60.4 Å². The predicted molar refractivity (Wildman–Crippen MR) is 52.0 cm³/mol. The summed E-state index contributed by atoms with van der Waals surface area (Å²) in [6, 6.07) is 0.459. The maximum absolute atomic E-state index is 13.2. The van der Waals surface area contributed by atoms with Gasteiger partial charge in [0.1, 0.15) is 5.82 Å². The van der Waals surface area contributed by atoms with Crippen LogP contribution in [0.1, 0.15) is 17.3 Å². The number of halogens is 5. The standard InChI is InChI=1S/C9H5F5O4S/c1-4(15)6-2-5(10)3-7(11)8(6)18-19(16,17)9(12,13)14/h2-3H,1H3. The summed E-state index contributed by atoms with van der Waals surface area (Å²) in [4.78, 5) is 11.0. The monoisotopic (exact) mass is 304 g/mol. The minimum atomic E-state index is -6.16. The van der Waals surface area contributed by atoms with Crippen molar-refractivity contribution in [3.8, 4) is 5.75 Å². The van der Waals surface area contributed by atoms with Crippen molar-refractivity contribution >= 4 is 15.9 Å². The Balaban J connectivity index is 3.41. The van der Waals surface area contributed by atoms with E-state index in [1.54, 1.807) is 0 Å². The Bertz CT molecular complexity index is 620. The van der Waals surface area contributed by atoms with Crippen LogP contribution in [0.15, 0.2) is 12.1 Å². The van der Waals surface area contributed by atoms with Crippen molar-refractivity contribution in [3.63, 3.8) is 0 Å². The quantitative estimate of drug-likeness (QED) is 0.372. The first kappa shape index (κ1) is 15.3. The van der Waals surface area contributed by atoms with Gasteiger partial charge in [-0.25, -0.2) is 8.78 Å². The van der Waals surface area contributed by atoms with Gasteiger partial charge in [0.15, 0.2) is 17.3 Å². The average molecular weight is 304 g/mol. The van der Waals surface area contributed by atoms with E-state index in [4.69, 9.17) is 0 Å². The summed E-state index contributed by atoms with van der Waals surface area (Å²) < 4.78 is 87.2. The zero-order valence-electron chi connectivity index (χ0n) is 9.09. The molecule has 0 aliphatic rings. The van der Waals surface area contributed by atoms with E-state index >= 15 is 0 Å². The van der Waals surface area contributed by atoms with Gasteiger partial charge in [-0.3, -0.25) is 4.79 Å². The highest BCUT2D eigenvalue weighted by Crippen LogP contribution is 2.31. The van der Waals surface area contributed by atoms with Crippen LogP contribution in [0.5, 0.6) is 5.75 Å². The van der Waals surface area contributed by atoms with Gasteiger partial charge in [-0.15, -0.1) is 0 Å². The van der Waals surface area contributed by atoms with Gasteiger partial charge in [0.2, 0.25) is 0 Å². The average Bonchev–Trinajstić information content (AvgIpc) is 2.19. The summed E-state index contributed by atoms with van der Waals surface area (Å²) >= 11 is 0. The summed E-state index contributed by atoms with van der Waals surface area (Å²) in [6.07, 6.45) is 0. The molecule has 1 rings (SSSR count). The molecule has 10 heteroatoms. The van der Waals surface area contributed by atoms with E-state index in [0.29, 0.717) is 6.07 Å². The fourth-order valence-electron chi connectivity index (χ4n) is 1.06. The van der Waals surface area contributed by atoms with E-state index < -0.39 is 44.4 Å². The first-order valence-electron chi connectivity index (χ1n) is 4.46. The number of carbonyl (C=O) groups is 1. The highest BCUT2D eigenvalue weighted by Gasteiger charge is 2.49. The lowest BCUT2D eigenvalue weighted by molar-refractivity contribution is -0.0501. The minimum absolute atomic E-state index is 0.0909. The van der Waals surface area contributed by atoms with Gasteiger partial charge >= 0.3 is 15.6 Å². The molecule has 0 fully saturated rings. The molecule has 0 bridgehead atoms. The van der Waals surface area contributed by atoms with Crippen LogP contribution >= 0.6 is 0 Å². The van der Waals surface area contributed by atoms with E-state index in [1.807, 2.05) is 0 Å². The second-order valence-corrected chi connectivity index (χ2v) is 4.84. The van der Waals surface area contributed by atoms with Crippen LogP contribution in [-0.2, 0) is 10.1 Å². The number of hydrogen-bond donors (Lipinski definition) is 0. The van der Waals surface area contributed by atoms with Crippen LogP contribution in [0.25, 0.3) is 0 Å². The molecule has 106 valence electrons. The summed E-state index contributed by atoms with van der Waals surface area (Å²) in [7, 11) is -6.16. The molecule has 0 amide bonds. The molecule has 19 heavy (non-hydrogen) atoms. The molecular weight excluding hydrogens is 299 g/mol. The first-order valence-corrected chi connectivity index (χ1v) is 5.87. The molecule has 0 aliphatic carbocycles. The maximum Gasteiger partial charge on any atom is 0.534 e. The normalized spacial score (nSPS) is 12.3. The second-order valence-electron chi connectivity index (χ2n) is 3.30. The molecule has 0 atom stereocenters. The van der Waals surface area contributed by atoms with Gasteiger partial charge in [-0.05, 0) is 13.0 Å². The van der Waals surface area contributed by atoms with Crippen LogP contribution in [0.2, 0.25) is 0 Å². The van der Waals surface area contributed by atoms with Crippen molar-refractivity contribution in [2.75, 3.05) is 0 Å². The molecule has 0 N–H and O–H groups in total. The van der Waals surface area contributed by atoms with Crippen molar-refractivity contribution in [1.29, 1.82) is 0 Å². The zero-order chi connectivity index (χ0) is 15.0. The van der Waals surface area contributed by atoms with Crippen molar-refractivity contribution in [3.05, 3.63) is 29.3 Å². The molecule has 0 heterocycles. The summed E-state index contributed by atoms with van der Waals surface area (Å²) in [6.45, 7) is 0.779. The van der Waals surface area contributed by atoms with Crippen LogP contribution in [0, 0.1) is 11.6 Å². The lowest BCUT2D eigenvalue weighted by atomic mass is 10.1. The third-order valence-corrected chi connectivity index (χ3v) is 2.82. The fraction of sp³-hybridized carbons (Fsp3) is 0.222. The number of hydrogen-bond acceptors (Lipinski definition) is 4. The van der Waals surface area contributed by atoms with Gasteiger partial charge < -0.3 is 4.18 Å². The number of Topliss-reactive ketones (excluding diaryl/α,β-unsaturated/α-hetero) is 1. The molecule has 4 nitrogen and oxygen atoms in total. The number of carbonyl (C=O) groups excluding carboxylic acids is 1. The van der Waals surface area contributed by atoms with Crippen LogP contribution in [-0.4, -0.2) is 19.7 Å². The van der Waals surface area contributed by atoms with Gasteiger partial charge in [0.25, 0.3) is 0 Å². The Kier molecular flexibility index (Phi) is 3.84. The van der Waals surface area contributed by atoms with E-state index in [0.717, 1.165) is 6.92 Å². The Morgan fingerprint density at radius 3 is 2.16 bits per heavy atom. The molecule has 0 aromatic heterocycles. The number of ketones is 1. The Hall–Kier alpha value is -1.71. The summed E-state index contributed by atoms with van der Waals surface area (Å²) in [5.74, 6) is -5.56. The number of rotatable bonds is 3. The van der Waals surface area contributed by atoms with E-state index in [9.17, 15) is 35.2 Å². The number of benzene rings is 1. The summed E-state index contributed by atoms with van der Waals surface area (Å²) in [5, 5.41) is 0. The van der Waals surface area contributed by atoms with Crippen LogP contribution in [0.3, 0.4) is 0 Å². The van der Waals surface area contributed by atoms with Crippen molar-refractivity contribution in [1.82, 2.24) is 0 Å². The predicted octanol–water partition coefficient (Wildman–Crippen LogP) is 2.40. The summed E-state index contributed by atoms with van der Waals surface area (Å²) in [5.41, 5.74) is -6.76. The highest BCUT2D eigenvalue weighted by molar-refractivity contribution is 7.88. The van der Waals surface area contributed by atoms with Crippen molar-refractivity contribution < 1.29 is 39.3 Å². The van der Waals surface area contributed by atoms with Crippen molar-refractivity contribution in [2.24, 2.45) is 0 Å². The Morgan fingerprint density at radius 1 is 1.21 bits per heavy atom.